The number of nitrogens with two attached hydrogens (primary N) is 1. The van der Waals surface area contributed by atoms with Crippen molar-refractivity contribution in [3.63, 3.8) is 0 Å². The summed E-state index contributed by atoms with van der Waals surface area (Å²) in [5.74, 6) is -0.0269. The number of hydrogen-bond acceptors (Lipinski definition) is 3. The molecule has 3 nitrogen and oxygen atoms in total. The molecular weight excluding hydrogens is 312 g/mol. The second-order valence-electron chi connectivity index (χ2n) is 4.58. The van der Waals surface area contributed by atoms with E-state index < -0.39 is 0 Å². The topological polar surface area (TPSA) is 55.1 Å². The third-order valence-corrected chi connectivity index (χ3v) is 5.13. The van der Waals surface area contributed by atoms with Gasteiger partial charge < -0.3 is 11.1 Å². The molecule has 0 saturated heterocycles. The average Bonchev–Trinajstić information content (AvgIpc) is 2.80. The number of anilines is 1. The van der Waals surface area contributed by atoms with Crippen LogP contribution in [-0.4, -0.2) is 23.5 Å². The summed E-state index contributed by atoms with van der Waals surface area (Å²) in [5.41, 5.74) is 7.00. The lowest BCUT2D eigenvalue weighted by atomic mass is 10.1. The molecule has 1 aromatic rings. The quantitative estimate of drug-likeness (QED) is 0.838. The molecule has 1 fully saturated rings. The minimum Gasteiger partial charge on any atom is -0.398 e. The second-order valence-corrected chi connectivity index (χ2v) is 6.57. The Morgan fingerprint density at radius 3 is 2.89 bits per heavy atom. The molecule has 0 spiro atoms. The zero-order chi connectivity index (χ0) is 13.1. The van der Waals surface area contributed by atoms with E-state index in [2.05, 4.69) is 27.5 Å². The average molecular weight is 329 g/mol. The van der Waals surface area contributed by atoms with Gasteiger partial charge in [0, 0.05) is 27.0 Å². The fourth-order valence-corrected chi connectivity index (χ4v) is 3.28. The largest absolute Gasteiger partial charge is 0.398 e. The molecule has 2 unspecified atom stereocenters. The van der Waals surface area contributed by atoms with Gasteiger partial charge in [-0.05, 0) is 59.6 Å². The van der Waals surface area contributed by atoms with Crippen LogP contribution >= 0.6 is 27.7 Å². The zero-order valence-corrected chi connectivity index (χ0v) is 12.7. The van der Waals surface area contributed by atoms with Gasteiger partial charge in [-0.3, -0.25) is 4.79 Å². The maximum atomic E-state index is 12.1. The van der Waals surface area contributed by atoms with Crippen LogP contribution in [0.1, 0.15) is 29.6 Å². The number of nitrogen functional groups attached to an aromatic ring is 1. The monoisotopic (exact) mass is 328 g/mol. The Bertz CT molecular complexity index is 453. The first-order valence-corrected chi connectivity index (χ1v) is 8.07. The highest BCUT2D eigenvalue weighted by atomic mass is 79.9. The summed E-state index contributed by atoms with van der Waals surface area (Å²) in [6.07, 6.45) is 5.46. The van der Waals surface area contributed by atoms with Crippen LogP contribution in [0.15, 0.2) is 22.7 Å². The highest BCUT2D eigenvalue weighted by Gasteiger charge is 2.25. The normalized spacial score (nSPS) is 23.0. The van der Waals surface area contributed by atoms with Crippen molar-refractivity contribution in [2.45, 2.75) is 30.6 Å². The number of carbonyl (C=O) groups is 1. The summed E-state index contributed by atoms with van der Waals surface area (Å²) in [7, 11) is 0. The van der Waals surface area contributed by atoms with E-state index in [1.807, 2.05) is 17.8 Å². The standard InChI is InChI=1S/C13H17BrN2OS/c1-18-10-4-3-9(7-10)16-13(17)8-2-5-11(14)12(15)6-8/h2,5-6,9-10H,3-4,7,15H2,1H3,(H,16,17). The lowest BCUT2D eigenvalue weighted by Gasteiger charge is -2.13. The highest BCUT2D eigenvalue weighted by molar-refractivity contribution is 9.10. The third kappa shape index (κ3) is 3.20. The van der Waals surface area contributed by atoms with Crippen LogP contribution in [-0.2, 0) is 0 Å². The molecule has 0 heterocycles. The molecule has 0 bridgehead atoms. The van der Waals surface area contributed by atoms with Gasteiger partial charge in [-0.25, -0.2) is 0 Å². The van der Waals surface area contributed by atoms with Crippen molar-refractivity contribution in [3.05, 3.63) is 28.2 Å². The first kappa shape index (κ1) is 13.7. The Balaban J connectivity index is 1.97. The van der Waals surface area contributed by atoms with E-state index in [1.54, 1.807) is 12.1 Å². The van der Waals surface area contributed by atoms with Crippen molar-refractivity contribution in [1.29, 1.82) is 0 Å². The number of halogens is 1. The van der Waals surface area contributed by atoms with Crippen molar-refractivity contribution in [2.75, 3.05) is 12.0 Å². The van der Waals surface area contributed by atoms with Crippen molar-refractivity contribution in [3.8, 4) is 0 Å². The summed E-state index contributed by atoms with van der Waals surface area (Å²) in [5, 5.41) is 3.77. The molecule has 2 atom stereocenters. The molecule has 0 aromatic heterocycles. The molecule has 0 aliphatic heterocycles. The Labute approximate surface area is 120 Å². The first-order valence-electron chi connectivity index (χ1n) is 5.99. The minimum absolute atomic E-state index is 0.0269. The fraction of sp³-hybridized carbons (Fsp3) is 0.462. The second kappa shape index (κ2) is 5.97. The predicted molar refractivity (Wildman–Crippen MR) is 81.0 cm³/mol. The maximum absolute atomic E-state index is 12.1. The van der Waals surface area contributed by atoms with Crippen LogP contribution in [0.3, 0.4) is 0 Å². The van der Waals surface area contributed by atoms with E-state index in [0.29, 0.717) is 22.5 Å². The maximum Gasteiger partial charge on any atom is 0.251 e. The summed E-state index contributed by atoms with van der Waals surface area (Å²) in [4.78, 5) is 12.1. The van der Waals surface area contributed by atoms with E-state index in [1.165, 1.54) is 6.42 Å². The van der Waals surface area contributed by atoms with Crippen LogP contribution in [0.25, 0.3) is 0 Å². The van der Waals surface area contributed by atoms with Crippen LogP contribution in [0.5, 0.6) is 0 Å². The minimum atomic E-state index is -0.0269. The molecule has 0 radical (unpaired) electrons. The number of thioether (sulfide) groups is 1. The van der Waals surface area contributed by atoms with Crippen molar-refractivity contribution in [1.82, 2.24) is 5.32 Å². The number of hydrogen-bond donors (Lipinski definition) is 2. The van der Waals surface area contributed by atoms with Gasteiger partial charge in [0.25, 0.3) is 5.91 Å². The van der Waals surface area contributed by atoms with Gasteiger partial charge in [-0.1, -0.05) is 0 Å². The van der Waals surface area contributed by atoms with Crippen LogP contribution in [0, 0.1) is 0 Å². The lowest BCUT2D eigenvalue weighted by molar-refractivity contribution is 0.0938. The molecule has 98 valence electrons. The lowest BCUT2D eigenvalue weighted by Crippen LogP contribution is -2.33. The molecule has 1 amide bonds. The molecule has 1 saturated carbocycles. The number of benzene rings is 1. The summed E-state index contributed by atoms with van der Waals surface area (Å²) in [6, 6.07) is 5.61. The molecule has 1 aliphatic carbocycles. The Morgan fingerprint density at radius 2 is 2.28 bits per heavy atom. The van der Waals surface area contributed by atoms with Crippen molar-refractivity contribution < 1.29 is 4.79 Å². The summed E-state index contributed by atoms with van der Waals surface area (Å²) >= 11 is 5.21. The van der Waals surface area contributed by atoms with Gasteiger partial charge in [-0.15, -0.1) is 0 Å². The number of rotatable bonds is 3. The van der Waals surface area contributed by atoms with Gasteiger partial charge >= 0.3 is 0 Å². The van der Waals surface area contributed by atoms with Gasteiger partial charge in [0.05, 0.1) is 0 Å². The molecule has 5 heteroatoms. The van der Waals surface area contributed by atoms with Gasteiger partial charge in [0.1, 0.15) is 0 Å². The first-order chi connectivity index (χ1) is 8.60. The van der Waals surface area contributed by atoms with Crippen LogP contribution in [0.2, 0.25) is 0 Å². The Kier molecular flexibility index (Phi) is 4.56. The number of amides is 1. The molecule has 2 rings (SSSR count). The van der Waals surface area contributed by atoms with E-state index >= 15 is 0 Å². The number of nitrogens with one attached hydrogen (secondary N) is 1. The Morgan fingerprint density at radius 1 is 1.50 bits per heavy atom. The smallest absolute Gasteiger partial charge is 0.251 e. The Hall–Kier alpha value is -0.680. The summed E-state index contributed by atoms with van der Waals surface area (Å²) < 4.78 is 0.822. The van der Waals surface area contributed by atoms with Gasteiger partial charge in [-0.2, -0.15) is 11.8 Å². The van der Waals surface area contributed by atoms with E-state index in [0.717, 1.165) is 17.3 Å². The SMILES string of the molecule is CSC1CCC(NC(=O)c2ccc(Br)c(N)c2)C1. The summed E-state index contributed by atoms with van der Waals surface area (Å²) in [6.45, 7) is 0. The zero-order valence-electron chi connectivity index (χ0n) is 10.3. The van der Waals surface area contributed by atoms with Crippen LogP contribution in [0.4, 0.5) is 5.69 Å². The highest BCUT2D eigenvalue weighted by Crippen LogP contribution is 2.28. The molecule has 1 aliphatic rings. The van der Waals surface area contributed by atoms with Crippen molar-refractivity contribution >= 4 is 39.3 Å². The third-order valence-electron chi connectivity index (χ3n) is 3.31. The molecule has 18 heavy (non-hydrogen) atoms. The van der Waals surface area contributed by atoms with Crippen molar-refractivity contribution in [2.24, 2.45) is 0 Å². The van der Waals surface area contributed by atoms with E-state index in [9.17, 15) is 4.79 Å². The van der Waals surface area contributed by atoms with Gasteiger partial charge in [0.15, 0.2) is 0 Å². The van der Waals surface area contributed by atoms with E-state index in [-0.39, 0.29) is 5.91 Å². The number of carbonyl (C=O) groups excluding carboxylic acids is 1. The molecular formula is C13H17BrN2OS. The fourth-order valence-electron chi connectivity index (χ4n) is 2.24. The van der Waals surface area contributed by atoms with Gasteiger partial charge in [0.2, 0.25) is 0 Å². The molecule has 1 aromatic carbocycles. The van der Waals surface area contributed by atoms with E-state index in [4.69, 9.17) is 5.73 Å². The van der Waals surface area contributed by atoms with Crippen LogP contribution < -0.4 is 11.1 Å². The predicted octanol–water partition coefficient (Wildman–Crippen LogP) is 3.05. The molecule has 3 N–H and O–H groups in total.